The van der Waals surface area contributed by atoms with Crippen molar-refractivity contribution < 1.29 is 14.3 Å². The standard InChI is InChI=1S/C32H25Cl4N3O3/c1-4-38(5-2)20-13-11-19(12-14-20)32(24-23(31(40)42-32)25(33)27(35)28(36)26(24)34)30-29(18-9-15-21(41-3)16-10-18)37-22-8-6-7-17-39(22)30/h6-17H,4-5H2,1-3H3. The lowest BCUT2D eigenvalue weighted by Crippen LogP contribution is -2.32. The van der Waals surface area contributed by atoms with Crippen LogP contribution < -0.4 is 9.64 Å². The topological polar surface area (TPSA) is 56.1 Å². The number of hydrogen-bond acceptors (Lipinski definition) is 5. The summed E-state index contributed by atoms with van der Waals surface area (Å²) in [7, 11) is 1.61. The summed E-state index contributed by atoms with van der Waals surface area (Å²) in [6.07, 6.45) is 1.87. The number of anilines is 1. The molecule has 0 saturated carbocycles. The fraction of sp³-hybridized carbons (Fsp3) is 0.188. The van der Waals surface area contributed by atoms with Crippen LogP contribution in [-0.2, 0) is 10.3 Å². The van der Waals surface area contributed by atoms with Gasteiger partial charge in [0.05, 0.1) is 38.5 Å². The maximum absolute atomic E-state index is 13.8. The van der Waals surface area contributed by atoms with E-state index in [1.54, 1.807) is 7.11 Å². The molecule has 0 fully saturated rings. The van der Waals surface area contributed by atoms with Crippen molar-refractivity contribution in [1.29, 1.82) is 0 Å². The zero-order valence-electron chi connectivity index (χ0n) is 22.9. The molecular weight excluding hydrogens is 616 g/mol. The minimum atomic E-state index is -1.58. The largest absolute Gasteiger partial charge is 0.497 e. The van der Waals surface area contributed by atoms with Crippen molar-refractivity contribution in [3.8, 4) is 17.0 Å². The molecule has 0 amide bonds. The molecule has 5 aromatic rings. The monoisotopic (exact) mass is 639 g/mol. The van der Waals surface area contributed by atoms with Gasteiger partial charge in [0.25, 0.3) is 0 Å². The fourth-order valence-electron chi connectivity index (χ4n) is 5.68. The molecule has 1 unspecified atom stereocenters. The highest BCUT2D eigenvalue weighted by Crippen LogP contribution is 2.56. The molecule has 0 bridgehead atoms. The van der Waals surface area contributed by atoms with Gasteiger partial charge in [-0.25, -0.2) is 9.78 Å². The third-order valence-electron chi connectivity index (χ3n) is 7.70. The Hall–Kier alpha value is -3.42. The smallest absolute Gasteiger partial charge is 0.341 e. The van der Waals surface area contributed by atoms with E-state index in [9.17, 15) is 4.79 Å². The van der Waals surface area contributed by atoms with Crippen LogP contribution in [0.15, 0.2) is 72.9 Å². The number of pyridine rings is 1. The van der Waals surface area contributed by atoms with E-state index in [1.807, 2.05) is 77.3 Å². The number of carbonyl (C=O) groups excluding carboxylic acids is 1. The summed E-state index contributed by atoms with van der Waals surface area (Å²) in [6, 6.07) is 21.0. The van der Waals surface area contributed by atoms with E-state index in [0.29, 0.717) is 33.9 Å². The number of carbonyl (C=O) groups is 1. The van der Waals surface area contributed by atoms with Gasteiger partial charge < -0.3 is 14.4 Å². The van der Waals surface area contributed by atoms with Gasteiger partial charge in [-0.2, -0.15) is 0 Å². The number of halogens is 4. The molecule has 1 aliphatic rings. The van der Waals surface area contributed by atoms with Gasteiger partial charge in [-0.3, -0.25) is 4.40 Å². The van der Waals surface area contributed by atoms with E-state index in [0.717, 1.165) is 24.3 Å². The van der Waals surface area contributed by atoms with Crippen molar-refractivity contribution in [1.82, 2.24) is 9.38 Å². The molecule has 0 aliphatic carbocycles. The molecule has 6 rings (SSSR count). The number of methoxy groups -OCH3 is 1. The minimum Gasteiger partial charge on any atom is -0.497 e. The second kappa shape index (κ2) is 11.0. The molecule has 10 heteroatoms. The van der Waals surface area contributed by atoms with Gasteiger partial charge in [0.1, 0.15) is 17.1 Å². The van der Waals surface area contributed by atoms with Crippen LogP contribution in [-0.4, -0.2) is 35.6 Å². The Morgan fingerprint density at radius 1 is 0.881 bits per heavy atom. The summed E-state index contributed by atoms with van der Waals surface area (Å²) < 4.78 is 13.7. The quantitative estimate of drug-likeness (QED) is 0.101. The van der Waals surface area contributed by atoms with Crippen LogP contribution in [0.2, 0.25) is 20.1 Å². The number of fused-ring (bicyclic) bond motifs is 2. The highest BCUT2D eigenvalue weighted by molar-refractivity contribution is 6.53. The Labute approximate surface area is 263 Å². The number of benzene rings is 3. The van der Waals surface area contributed by atoms with Crippen molar-refractivity contribution in [2.24, 2.45) is 0 Å². The number of nitrogens with zero attached hydrogens (tertiary/aromatic N) is 3. The average molecular weight is 641 g/mol. The third kappa shape index (κ3) is 4.23. The van der Waals surface area contributed by atoms with E-state index in [4.69, 9.17) is 60.9 Å². The summed E-state index contributed by atoms with van der Waals surface area (Å²) in [5.74, 6) is 0.0227. The van der Waals surface area contributed by atoms with E-state index in [1.165, 1.54) is 0 Å². The zero-order chi connectivity index (χ0) is 29.8. The number of ether oxygens (including phenoxy) is 2. The van der Waals surface area contributed by atoms with E-state index >= 15 is 0 Å². The Morgan fingerprint density at radius 2 is 1.55 bits per heavy atom. The second-order valence-electron chi connectivity index (χ2n) is 9.76. The molecule has 42 heavy (non-hydrogen) atoms. The van der Waals surface area contributed by atoms with Gasteiger partial charge in [0, 0.05) is 41.7 Å². The van der Waals surface area contributed by atoms with Gasteiger partial charge in [0.15, 0.2) is 0 Å². The molecule has 1 aliphatic heterocycles. The Bertz CT molecular complexity index is 1830. The fourth-order valence-corrected chi connectivity index (χ4v) is 6.74. The van der Waals surface area contributed by atoms with Crippen molar-refractivity contribution in [2.75, 3.05) is 25.1 Å². The van der Waals surface area contributed by atoms with E-state index in [-0.39, 0.29) is 25.7 Å². The second-order valence-corrected chi connectivity index (χ2v) is 11.3. The zero-order valence-corrected chi connectivity index (χ0v) is 25.9. The highest BCUT2D eigenvalue weighted by Gasteiger charge is 2.55. The maximum Gasteiger partial charge on any atom is 0.341 e. The lowest BCUT2D eigenvalue weighted by molar-refractivity contribution is 0.0239. The molecular formula is C32H25Cl4N3O3. The van der Waals surface area contributed by atoms with E-state index in [2.05, 4.69) is 18.7 Å². The third-order valence-corrected chi connectivity index (χ3v) is 9.50. The number of cyclic esters (lactones) is 1. The lowest BCUT2D eigenvalue weighted by Gasteiger charge is -2.32. The molecule has 3 heterocycles. The van der Waals surface area contributed by atoms with Crippen LogP contribution in [0, 0.1) is 0 Å². The Kier molecular flexibility index (Phi) is 7.52. The maximum atomic E-state index is 13.8. The molecule has 214 valence electrons. The summed E-state index contributed by atoms with van der Waals surface area (Å²) in [6.45, 7) is 5.87. The molecule has 6 nitrogen and oxygen atoms in total. The molecule has 0 spiro atoms. The Balaban J connectivity index is 1.75. The van der Waals surface area contributed by atoms with Crippen molar-refractivity contribution in [3.63, 3.8) is 0 Å². The summed E-state index contributed by atoms with van der Waals surface area (Å²) in [5, 5.41) is 0.0726. The van der Waals surface area contributed by atoms with Crippen LogP contribution in [0.5, 0.6) is 5.75 Å². The van der Waals surface area contributed by atoms with Crippen molar-refractivity contribution in [2.45, 2.75) is 19.4 Å². The van der Waals surface area contributed by atoms with Crippen molar-refractivity contribution >= 4 is 63.7 Å². The summed E-state index contributed by atoms with van der Waals surface area (Å²) in [4.78, 5) is 21.0. The average Bonchev–Trinajstić information content (AvgIpc) is 3.56. The molecule has 0 saturated heterocycles. The summed E-state index contributed by atoms with van der Waals surface area (Å²) >= 11 is 26.8. The number of imidazole rings is 1. The highest BCUT2D eigenvalue weighted by atomic mass is 35.5. The predicted molar refractivity (Wildman–Crippen MR) is 169 cm³/mol. The number of hydrogen-bond donors (Lipinski definition) is 0. The molecule has 1 atom stereocenters. The summed E-state index contributed by atoms with van der Waals surface area (Å²) in [5.41, 5.74) is 3.01. The van der Waals surface area contributed by atoms with Crippen LogP contribution in [0.1, 0.15) is 41.0 Å². The van der Waals surface area contributed by atoms with Crippen molar-refractivity contribution in [3.05, 3.63) is 115 Å². The van der Waals surface area contributed by atoms with E-state index < -0.39 is 11.6 Å². The minimum absolute atomic E-state index is 0.0137. The normalized spacial score (nSPS) is 16.0. The number of rotatable bonds is 7. The van der Waals surface area contributed by atoms with Gasteiger partial charge in [0.2, 0.25) is 5.60 Å². The van der Waals surface area contributed by atoms with Crippen LogP contribution >= 0.6 is 46.4 Å². The van der Waals surface area contributed by atoms with Gasteiger partial charge in [-0.1, -0.05) is 64.6 Å². The molecule has 2 aromatic heterocycles. The molecule has 0 N–H and O–H groups in total. The first-order valence-electron chi connectivity index (χ1n) is 13.3. The number of aromatic nitrogens is 2. The van der Waals surface area contributed by atoms with Gasteiger partial charge >= 0.3 is 5.97 Å². The van der Waals surface area contributed by atoms with Gasteiger partial charge in [-0.15, -0.1) is 0 Å². The first kappa shape index (κ1) is 28.7. The molecule has 3 aromatic carbocycles. The molecule has 0 radical (unpaired) electrons. The van der Waals surface area contributed by atoms with Crippen LogP contribution in [0.4, 0.5) is 5.69 Å². The predicted octanol–water partition coefficient (Wildman–Crippen LogP) is 8.93. The Morgan fingerprint density at radius 3 is 2.19 bits per heavy atom. The lowest BCUT2D eigenvalue weighted by atomic mass is 9.80. The first-order valence-corrected chi connectivity index (χ1v) is 14.8. The van der Waals surface area contributed by atoms with Crippen LogP contribution in [0.3, 0.4) is 0 Å². The van der Waals surface area contributed by atoms with Gasteiger partial charge in [-0.05, 0) is 62.4 Å². The number of esters is 1. The SMILES string of the molecule is CCN(CC)c1ccc(C2(c3c(-c4ccc(OC)cc4)nc4ccccn34)OC(=O)c3c(Cl)c(Cl)c(Cl)c(Cl)c32)cc1. The first-order chi connectivity index (χ1) is 20.3. The van der Waals surface area contributed by atoms with Crippen LogP contribution in [0.25, 0.3) is 16.9 Å².